The van der Waals surface area contributed by atoms with E-state index in [1.54, 1.807) is 0 Å². The summed E-state index contributed by atoms with van der Waals surface area (Å²) in [6, 6.07) is 20.5. The Morgan fingerprint density at radius 1 is 0.879 bits per heavy atom. The van der Waals surface area contributed by atoms with Crippen molar-refractivity contribution in [3.8, 4) is 0 Å². The maximum Gasteiger partial charge on any atom is 0.300 e. The maximum absolute atomic E-state index is 13.3. The van der Waals surface area contributed by atoms with Crippen molar-refractivity contribution in [3.05, 3.63) is 106 Å². The summed E-state index contributed by atoms with van der Waals surface area (Å²) in [7, 11) is 0. The fourth-order valence-corrected chi connectivity index (χ4v) is 5.14. The second kappa shape index (κ2) is 8.36. The molecule has 1 aliphatic heterocycles. The van der Waals surface area contributed by atoms with Gasteiger partial charge in [-0.25, -0.2) is 0 Å². The number of carbonyl (C=O) groups is 2. The average molecular weight is 438 g/mol. The summed E-state index contributed by atoms with van der Waals surface area (Å²) in [4.78, 5) is 28.2. The number of aryl methyl sites for hydroxylation is 4. The van der Waals surface area contributed by atoms with Crippen LogP contribution in [-0.2, 0) is 22.4 Å². The Morgan fingerprint density at radius 3 is 2.33 bits per heavy atom. The molecule has 1 unspecified atom stereocenters. The highest BCUT2D eigenvalue weighted by Gasteiger charge is 2.47. The lowest BCUT2D eigenvalue weighted by atomic mass is 9.88. The number of Topliss-reactive ketones (excluding diaryl/α,β-unsaturated/α-hetero) is 1. The molecule has 0 radical (unpaired) electrons. The highest BCUT2D eigenvalue weighted by Crippen LogP contribution is 2.43. The third kappa shape index (κ3) is 3.66. The van der Waals surface area contributed by atoms with Gasteiger partial charge in [-0.1, -0.05) is 60.2 Å². The minimum absolute atomic E-state index is 0.108. The molecule has 5 rings (SSSR count). The molecule has 1 aliphatic carbocycles. The first kappa shape index (κ1) is 21.2. The number of anilines is 1. The number of rotatable bonds is 3. The number of aliphatic hydroxyl groups is 1. The van der Waals surface area contributed by atoms with Crippen molar-refractivity contribution < 1.29 is 14.7 Å². The Balaban J connectivity index is 1.70. The largest absolute Gasteiger partial charge is 0.507 e. The van der Waals surface area contributed by atoms with Crippen LogP contribution < -0.4 is 4.90 Å². The van der Waals surface area contributed by atoms with Gasteiger partial charge in [0.2, 0.25) is 0 Å². The molecule has 33 heavy (non-hydrogen) atoms. The number of carbonyl (C=O) groups excluding carboxylic acids is 2. The first-order chi connectivity index (χ1) is 16.0. The third-order valence-electron chi connectivity index (χ3n) is 6.79. The van der Waals surface area contributed by atoms with E-state index in [1.165, 1.54) is 22.4 Å². The van der Waals surface area contributed by atoms with E-state index in [0.717, 1.165) is 36.0 Å². The molecule has 2 aliphatic rings. The standard InChI is InChI=1S/C29H27NO3/c1-18-12-15-24(19(2)16-18)30-26(21-9-4-3-5-10-21)25(28(32)29(30)33)27(31)23-14-13-20-8-6-7-11-22(20)17-23/h3-5,9-10,12-17,26,31H,6-8,11H2,1-2H3/b27-25-. The average Bonchev–Trinajstić information content (AvgIpc) is 3.09. The van der Waals surface area contributed by atoms with E-state index in [2.05, 4.69) is 0 Å². The molecule has 1 atom stereocenters. The smallest absolute Gasteiger partial charge is 0.300 e. The van der Waals surface area contributed by atoms with E-state index < -0.39 is 17.7 Å². The minimum Gasteiger partial charge on any atom is -0.507 e. The molecule has 1 saturated heterocycles. The van der Waals surface area contributed by atoms with Crippen LogP contribution in [0.1, 0.15) is 52.3 Å². The molecule has 3 aromatic rings. The van der Waals surface area contributed by atoms with Crippen LogP contribution in [0.5, 0.6) is 0 Å². The number of nitrogens with zero attached hydrogens (tertiary/aromatic N) is 1. The number of benzene rings is 3. The van der Waals surface area contributed by atoms with Gasteiger partial charge in [0.25, 0.3) is 11.7 Å². The van der Waals surface area contributed by atoms with Gasteiger partial charge in [0, 0.05) is 11.3 Å². The van der Waals surface area contributed by atoms with E-state index in [9.17, 15) is 14.7 Å². The van der Waals surface area contributed by atoms with E-state index in [-0.39, 0.29) is 11.3 Å². The molecule has 1 N–H and O–H groups in total. The Labute approximate surface area is 194 Å². The second-order valence-corrected chi connectivity index (χ2v) is 9.06. The predicted octanol–water partition coefficient (Wildman–Crippen LogP) is 5.81. The maximum atomic E-state index is 13.3. The molecule has 0 saturated carbocycles. The lowest BCUT2D eigenvalue weighted by Gasteiger charge is -2.27. The van der Waals surface area contributed by atoms with Gasteiger partial charge in [-0.2, -0.15) is 0 Å². The van der Waals surface area contributed by atoms with Gasteiger partial charge < -0.3 is 5.11 Å². The van der Waals surface area contributed by atoms with Crippen molar-refractivity contribution in [1.29, 1.82) is 0 Å². The minimum atomic E-state index is -0.691. The summed E-state index contributed by atoms with van der Waals surface area (Å²) in [5.74, 6) is -1.38. The number of amides is 1. The molecule has 4 nitrogen and oxygen atoms in total. The lowest BCUT2D eigenvalue weighted by Crippen LogP contribution is -2.30. The molecule has 3 aromatic carbocycles. The number of aliphatic hydroxyl groups excluding tert-OH is 1. The van der Waals surface area contributed by atoms with E-state index in [0.29, 0.717) is 11.3 Å². The Bertz CT molecular complexity index is 1290. The van der Waals surface area contributed by atoms with Crippen molar-refractivity contribution in [2.75, 3.05) is 4.90 Å². The summed E-state index contributed by atoms with van der Waals surface area (Å²) in [5, 5.41) is 11.4. The molecule has 0 spiro atoms. The quantitative estimate of drug-likeness (QED) is 0.320. The zero-order valence-electron chi connectivity index (χ0n) is 19.0. The zero-order valence-corrected chi connectivity index (χ0v) is 19.0. The van der Waals surface area contributed by atoms with Crippen molar-refractivity contribution in [2.24, 2.45) is 0 Å². The topological polar surface area (TPSA) is 57.6 Å². The van der Waals surface area contributed by atoms with Gasteiger partial charge in [0.05, 0.1) is 11.6 Å². The molecule has 1 amide bonds. The van der Waals surface area contributed by atoms with Crippen LogP contribution in [-0.4, -0.2) is 16.8 Å². The summed E-state index contributed by atoms with van der Waals surface area (Å²) >= 11 is 0. The second-order valence-electron chi connectivity index (χ2n) is 9.06. The van der Waals surface area contributed by atoms with Crippen molar-refractivity contribution in [1.82, 2.24) is 0 Å². The third-order valence-corrected chi connectivity index (χ3v) is 6.79. The Kier molecular flexibility index (Phi) is 5.37. The van der Waals surface area contributed by atoms with Gasteiger partial charge in [-0.05, 0) is 73.9 Å². The number of hydrogen-bond acceptors (Lipinski definition) is 3. The van der Waals surface area contributed by atoms with Crippen LogP contribution >= 0.6 is 0 Å². The van der Waals surface area contributed by atoms with Crippen molar-refractivity contribution in [2.45, 2.75) is 45.6 Å². The fraction of sp³-hybridized carbons (Fsp3) is 0.241. The lowest BCUT2D eigenvalue weighted by molar-refractivity contribution is -0.132. The van der Waals surface area contributed by atoms with E-state index in [4.69, 9.17) is 0 Å². The van der Waals surface area contributed by atoms with Crippen LogP contribution in [0.3, 0.4) is 0 Å². The first-order valence-corrected chi connectivity index (χ1v) is 11.5. The molecule has 0 bridgehead atoms. The molecule has 4 heteroatoms. The summed E-state index contributed by atoms with van der Waals surface area (Å²) < 4.78 is 0. The van der Waals surface area contributed by atoms with E-state index in [1.807, 2.05) is 80.6 Å². The van der Waals surface area contributed by atoms with Crippen LogP contribution in [0.4, 0.5) is 5.69 Å². The molecule has 1 fully saturated rings. The van der Waals surface area contributed by atoms with Crippen molar-refractivity contribution >= 4 is 23.1 Å². The number of ketones is 1. The first-order valence-electron chi connectivity index (χ1n) is 11.5. The van der Waals surface area contributed by atoms with Gasteiger partial charge in [0.15, 0.2) is 0 Å². The Morgan fingerprint density at radius 2 is 1.61 bits per heavy atom. The molecule has 0 aromatic heterocycles. The highest BCUT2D eigenvalue weighted by molar-refractivity contribution is 6.51. The summed E-state index contributed by atoms with van der Waals surface area (Å²) in [5.41, 5.74) is 6.71. The van der Waals surface area contributed by atoms with Crippen LogP contribution in [0.25, 0.3) is 5.76 Å². The fourth-order valence-electron chi connectivity index (χ4n) is 5.14. The van der Waals surface area contributed by atoms with Crippen molar-refractivity contribution in [3.63, 3.8) is 0 Å². The van der Waals surface area contributed by atoms with E-state index >= 15 is 0 Å². The van der Waals surface area contributed by atoms with Crippen LogP contribution in [0, 0.1) is 13.8 Å². The summed E-state index contributed by atoms with van der Waals surface area (Å²) in [6.07, 6.45) is 4.30. The molecular formula is C29H27NO3. The Hall–Kier alpha value is -3.66. The summed E-state index contributed by atoms with van der Waals surface area (Å²) in [6.45, 7) is 3.93. The molecular weight excluding hydrogens is 410 g/mol. The number of fused-ring (bicyclic) bond motifs is 1. The molecule has 1 heterocycles. The monoisotopic (exact) mass is 437 g/mol. The zero-order chi connectivity index (χ0) is 23.1. The predicted molar refractivity (Wildman–Crippen MR) is 130 cm³/mol. The van der Waals surface area contributed by atoms with Gasteiger partial charge in [-0.3, -0.25) is 14.5 Å². The van der Waals surface area contributed by atoms with Gasteiger partial charge >= 0.3 is 0 Å². The van der Waals surface area contributed by atoms with Crippen LogP contribution in [0.15, 0.2) is 72.3 Å². The van der Waals surface area contributed by atoms with Crippen LogP contribution in [0.2, 0.25) is 0 Å². The molecule has 166 valence electrons. The SMILES string of the molecule is Cc1ccc(N2C(=O)C(=O)/C(=C(\O)c3ccc4c(c3)CCCC4)C2c2ccccc2)c(C)c1. The van der Waals surface area contributed by atoms with Gasteiger partial charge in [-0.15, -0.1) is 0 Å². The number of hydrogen-bond donors (Lipinski definition) is 1. The van der Waals surface area contributed by atoms with Gasteiger partial charge in [0.1, 0.15) is 5.76 Å². The highest BCUT2D eigenvalue weighted by atomic mass is 16.3. The normalized spacial score (nSPS) is 19.6.